The number of likely N-dealkylation sites (tertiary alicyclic amines) is 1. The Balaban J connectivity index is 1.77. The lowest BCUT2D eigenvalue weighted by atomic mass is 10.1. The Morgan fingerprint density at radius 3 is 2.65 bits per heavy atom. The standard InChI is InChI=1S/C15H23NO/c1-2-14-8-4-5-9-15(14)17-13-12-16-10-6-3-7-11-16/h4-5,8-9H,2-3,6-7,10-13H2,1H3. The van der Waals surface area contributed by atoms with Crippen LogP contribution in [0.3, 0.4) is 0 Å². The van der Waals surface area contributed by atoms with Crippen LogP contribution in [-0.2, 0) is 6.42 Å². The molecule has 1 saturated heterocycles. The van der Waals surface area contributed by atoms with Gasteiger partial charge < -0.3 is 4.74 Å². The van der Waals surface area contributed by atoms with E-state index >= 15 is 0 Å². The topological polar surface area (TPSA) is 12.5 Å². The summed E-state index contributed by atoms with van der Waals surface area (Å²) in [5.41, 5.74) is 1.31. The molecule has 0 aliphatic carbocycles. The second-order valence-corrected chi connectivity index (χ2v) is 4.71. The number of hydrogen-bond donors (Lipinski definition) is 0. The van der Waals surface area contributed by atoms with E-state index in [-0.39, 0.29) is 0 Å². The number of piperidine rings is 1. The van der Waals surface area contributed by atoms with Crippen molar-refractivity contribution in [2.75, 3.05) is 26.2 Å². The summed E-state index contributed by atoms with van der Waals surface area (Å²) in [5, 5.41) is 0. The second-order valence-electron chi connectivity index (χ2n) is 4.71. The zero-order valence-corrected chi connectivity index (χ0v) is 10.8. The summed E-state index contributed by atoms with van der Waals surface area (Å²) in [7, 11) is 0. The molecule has 2 heteroatoms. The molecule has 94 valence electrons. The van der Waals surface area contributed by atoms with Gasteiger partial charge in [0.25, 0.3) is 0 Å². The summed E-state index contributed by atoms with van der Waals surface area (Å²) in [6.45, 7) is 6.56. The van der Waals surface area contributed by atoms with Gasteiger partial charge in [-0.05, 0) is 44.0 Å². The number of para-hydroxylation sites is 1. The number of rotatable bonds is 5. The molecule has 1 aliphatic rings. The van der Waals surface area contributed by atoms with Crippen LogP contribution in [0.4, 0.5) is 0 Å². The lowest BCUT2D eigenvalue weighted by molar-refractivity contribution is 0.183. The van der Waals surface area contributed by atoms with Gasteiger partial charge in [0.1, 0.15) is 12.4 Å². The van der Waals surface area contributed by atoms with Crippen LogP contribution in [0.1, 0.15) is 31.7 Å². The number of ether oxygens (including phenoxy) is 1. The van der Waals surface area contributed by atoms with E-state index in [0.29, 0.717) is 0 Å². The third-order valence-corrected chi connectivity index (χ3v) is 3.47. The maximum atomic E-state index is 5.89. The molecule has 0 saturated carbocycles. The molecule has 2 rings (SSSR count). The fourth-order valence-electron chi connectivity index (χ4n) is 2.40. The molecule has 1 fully saturated rings. The first-order valence-corrected chi connectivity index (χ1v) is 6.83. The predicted octanol–water partition coefficient (Wildman–Crippen LogP) is 3.11. The highest BCUT2D eigenvalue weighted by atomic mass is 16.5. The highest BCUT2D eigenvalue weighted by Gasteiger charge is 2.09. The minimum Gasteiger partial charge on any atom is -0.492 e. The van der Waals surface area contributed by atoms with Gasteiger partial charge >= 0.3 is 0 Å². The normalized spacial score (nSPS) is 17.0. The molecule has 0 aromatic heterocycles. The SMILES string of the molecule is CCc1ccccc1OCCN1CCCCC1. The van der Waals surface area contributed by atoms with Crippen LogP contribution in [0.5, 0.6) is 5.75 Å². The predicted molar refractivity (Wildman–Crippen MR) is 71.6 cm³/mol. The largest absolute Gasteiger partial charge is 0.492 e. The monoisotopic (exact) mass is 233 g/mol. The molecule has 1 aliphatic heterocycles. The maximum absolute atomic E-state index is 5.89. The molecule has 1 heterocycles. The van der Waals surface area contributed by atoms with Crippen molar-refractivity contribution in [1.82, 2.24) is 4.90 Å². The molecular weight excluding hydrogens is 210 g/mol. The number of benzene rings is 1. The summed E-state index contributed by atoms with van der Waals surface area (Å²) in [5.74, 6) is 1.06. The summed E-state index contributed by atoms with van der Waals surface area (Å²) in [6, 6.07) is 8.36. The van der Waals surface area contributed by atoms with Crippen LogP contribution in [0.15, 0.2) is 24.3 Å². The van der Waals surface area contributed by atoms with Crippen molar-refractivity contribution in [3.63, 3.8) is 0 Å². The second kappa shape index (κ2) is 6.65. The smallest absolute Gasteiger partial charge is 0.122 e. The van der Waals surface area contributed by atoms with E-state index in [1.54, 1.807) is 0 Å². The van der Waals surface area contributed by atoms with Gasteiger partial charge in [0, 0.05) is 6.54 Å². The average molecular weight is 233 g/mol. The molecule has 0 radical (unpaired) electrons. The molecule has 0 bridgehead atoms. The van der Waals surface area contributed by atoms with Crippen molar-refractivity contribution in [2.45, 2.75) is 32.6 Å². The molecule has 0 N–H and O–H groups in total. The van der Waals surface area contributed by atoms with Crippen LogP contribution in [0.25, 0.3) is 0 Å². The fraction of sp³-hybridized carbons (Fsp3) is 0.600. The third kappa shape index (κ3) is 3.74. The van der Waals surface area contributed by atoms with Crippen LogP contribution < -0.4 is 4.74 Å². The molecule has 0 spiro atoms. The van der Waals surface area contributed by atoms with E-state index in [9.17, 15) is 0 Å². The van der Waals surface area contributed by atoms with Crippen molar-refractivity contribution in [2.24, 2.45) is 0 Å². The Hall–Kier alpha value is -1.02. The summed E-state index contributed by atoms with van der Waals surface area (Å²) in [4.78, 5) is 2.51. The van der Waals surface area contributed by atoms with Crippen molar-refractivity contribution >= 4 is 0 Å². The van der Waals surface area contributed by atoms with Crippen molar-refractivity contribution in [3.8, 4) is 5.75 Å². The minimum absolute atomic E-state index is 0.816. The Morgan fingerprint density at radius 1 is 1.12 bits per heavy atom. The molecule has 0 atom stereocenters. The summed E-state index contributed by atoms with van der Waals surface area (Å²) in [6.07, 6.45) is 5.15. The van der Waals surface area contributed by atoms with E-state index in [2.05, 4.69) is 36.1 Å². The Kier molecular flexibility index (Phi) is 4.87. The minimum atomic E-state index is 0.816. The Labute approximate surface area is 105 Å². The molecule has 17 heavy (non-hydrogen) atoms. The fourth-order valence-corrected chi connectivity index (χ4v) is 2.40. The van der Waals surface area contributed by atoms with Crippen LogP contribution in [-0.4, -0.2) is 31.1 Å². The lowest BCUT2D eigenvalue weighted by Crippen LogP contribution is -2.33. The third-order valence-electron chi connectivity index (χ3n) is 3.47. The highest BCUT2D eigenvalue weighted by molar-refractivity contribution is 5.33. The van der Waals surface area contributed by atoms with Crippen LogP contribution >= 0.6 is 0 Å². The van der Waals surface area contributed by atoms with Crippen LogP contribution in [0.2, 0.25) is 0 Å². The van der Waals surface area contributed by atoms with Gasteiger partial charge in [-0.15, -0.1) is 0 Å². The van der Waals surface area contributed by atoms with Crippen molar-refractivity contribution in [3.05, 3.63) is 29.8 Å². The van der Waals surface area contributed by atoms with E-state index in [1.807, 2.05) is 0 Å². The van der Waals surface area contributed by atoms with Gasteiger partial charge in [-0.1, -0.05) is 31.5 Å². The quantitative estimate of drug-likeness (QED) is 0.775. The Bertz CT molecular complexity index is 331. The summed E-state index contributed by atoms with van der Waals surface area (Å²) >= 11 is 0. The molecule has 1 aromatic rings. The van der Waals surface area contributed by atoms with E-state index in [4.69, 9.17) is 4.74 Å². The molecule has 1 aromatic carbocycles. The number of hydrogen-bond acceptors (Lipinski definition) is 2. The van der Waals surface area contributed by atoms with Crippen molar-refractivity contribution < 1.29 is 4.74 Å². The zero-order chi connectivity index (χ0) is 11.9. The van der Waals surface area contributed by atoms with Gasteiger partial charge in [-0.3, -0.25) is 4.90 Å². The number of aryl methyl sites for hydroxylation is 1. The van der Waals surface area contributed by atoms with E-state index in [1.165, 1.54) is 37.9 Å². The number of nitrogens with zero attached hydrogens (tertiary/aromatic N) is 1. The first kappa shape index (κ1) is 12.4. The van der Waals surface area contributed by atoms with Gasteiger partial charge in [-0.2, -0.15) is 0 Å². The molecule has 2 nitrogen and oxygen atoms in total. The molecule has 0 amide bonds. The van der Waals surface area contributed by atoms with Gasteiger partial charge in [0.05, 0.1) is 0 Å². The lowest BCUT2D eigenvalue weighted by Gasteiger charge is -2.26. The van der Waals surface area contributed by atoms with Gasteiger partial charge in [0.2, 0.25) is 0 Å². The maximum Gasteiger partial charge on any atom is 0.122 e. The van der Waals surface area contributed by atoms with E-state index < -0.39 is 0 Å². The van der Waals surface area contributed by atoms with Gasteiger partial charge in [0.15, 0.2) is 0 Å². The van der Waals surface area contributed by atoms with Crippen molar-refractivity contribution in [1.29, 1.82) is 0 Å². The summed E-state index contributed by atoms with van der Waals surface area (Å²) < 4.78 is 5.89. The first-order chi connectivity index (χ1) is 8.40. The zero-order valence-electron chi connectivity index (χ0n) is 10.8. The van der Waals surface area contributed by atoms with E-state index in [0.717, 1.165) is 25.3 Å². The highest BCUT2D eigenvalue weighted by Crippen LogP contribution is 2.18. The van der Waals surface area contributed by atoms with Gasteiger partial charge in [-0.25, -0.2) is 0 Å². The molecule has 0 unspecified atom stereocenters. The van der Waals surface area contributed by atoms with Crippen LogP contribution in [0, 0.1) is 0 Å². The average Bonchev–Trinajstić information content (AvgIpc) is 2.40. The molecular formula is C15H23NO. The Morgan fingerprint density at radius 2 is 1.88 bits per heavy atom. The first-order valence-electron chi connectivity index (χ1n) is 6.83.